The van der Waals surface area contributed by atoms with Crippen molar-refractivity contribution in [1.29, 1.82) is 0 Å². The number of carboxylic acid groups (broad SMARTS) is 1. The van der Waals surface area contributed by atoms with Gasteiger partial charge in [0.2, 0.25) is 0 Å². The highest BCUT2D eigenvalue weighted by atomic mass is 16.5. The SMILES string of the molecule is C=CCN(CC(=O)O)C(=O)N(CCO)CCOC. The number of carboxylic acids is 1. The van der Waals surface area contributed by atoms with Gasteiger partial charge in [-0.05, 0) is 0 Å². The Morgan fingerprint density at radius 3 is 2.44 bits per heavy atom. The maximum atomic E-state index is 12.0. The highest BCUT2D eigenvalue weighted by molar-refractivity contribution is 5.80. The molecular formula is C11H20N2O5. The van der Waals surface area contributed by atoms with Crippen molar-refractivity contribution in [3.8, 4) is 0 Å². The summed E-state index contributed by atoms with van der Waals surface area (Å²) in [5, 5.41) is 17.6. The maximum Gasteiger partial charge on any atom is 0.323 e. The number of methoxy groups -OCH3 is 1. The fourth-order valence-corrected chi connectivity index (χ4v) is 1.35. The molecule has 0 unspecified atom stereocenters. The highest BCUT2D eigenvalue weighted by Gasteiger charge is 2.21. The zero-order valence-electron chi connectivity index (χ0n) is 10.5. The van der Waals surface area contributed by atoms with E-state index in [1.165, 1.54) is 18.1 Å². The van der Waals surface area contributed by atoms with Crippen LogP contribution in [-0.4, -0.2) is 78.5 Å². The van der Waals surface area contributed by atoms with Crippen LogP contribution in [0.15, 0.2) is 12.7 Å². The lowest BCUT2D eigenvalue weighted by Gasteiger charge is -2.28. The second-order valence-electron chi connectivity index (χ2n) is 3.55. The second-order valence-corrected chi connectivity index (χ2v) is 3.55. The summed E-state index contributed by atoms with van der Waals surface area (Å²) in [6.45, 7) is 3.77. The molecule has 104 valence electrons. The smallest absolute Gasteiger partial charge is 0.323 e. The van der Waals surface area contributed by atoms with Gasteiger partial charge in [-0.1, -0.05) is 6.08 Å². The molecule has 0 heterocycles. The molecule has 0 radical (unpaired) electrons. The molecule has 0 aromatic carbocycles. The molecule has 0 spiro atoms. The Balaban J connectivity index is 4.63. The van der Waals surface area contributed by atoms with Crippen molar-refractivity contribution in [2.24, 2.45) is 0 Å². The number of rotatable bonds is 9. The molecule has 0 aliphatic rings. The number of amides is 2. The fraction of sp³-hybridized carbons (Fsp3) is 0.636. The molecule has 0 atom stereocenters. The van der Waals surface area contributed by atoms with Crippen molar-refractivity contribution in [2.45, 2.75) is 0 Å². The van der Waals surface area contributed by atoms with Crippen LogP contribution in [0, 0.1) is 0 Å². The van der Waals surface area contributed by atoms with E-state index in [-0.39, 0.29) is 19.7 Å². The Bertz CT molecular complexity index is 283. The van der Waals surface area contributed by atoms with Crippen LogP contribution in [0.3, 0.4) is 0 Å². The summed E-state index contributed by atoms with van der Waals surface area (Å²) < 4.78 is 4.86. The quantitative estimate of drug-likeness (QED) is 0.551. The molecule has 2 amide bonds. The van der Waals surface area contributed by atoms with Crippen molar-refractivity contribution in [1.82, 2.24) is 9.80 Å². The molecule has 0 aromatic rings. The predicted molar refractivity (Wildman–Crippen MR) is 65.3 cm³/mol. The summed E-state index contributed by atoms with van der Waals surface area (Å²) in [6.07, 6.45) is 1.45. The number of carbonyl (C=O) groups excluding carboxylic acids is 1. The summed E-state index contributed by atoms with van der Waals surface area (Å²) in [5.74, 6) is -1.10. The van der Waals surface area contributed by atoms with Crippen molar-refractivity contribution in [3.63, 3.8) is 0 Å². The zero-order valence-corrected chi connectivity index (χ0v) is 10.5. The first kappa shape index (κ1) is 16.4. The van der Waals surface area contributed by atoms with Gasteiger partial charge in [0.05, 0.1) is 13.2 Å². The van der Waals surface area contributed by atoms with E-state index in [9.17, 15) is 9.59 Å². The molecule has 0 aliphatic carbocycles. The van der Waals surface area contributed by atoms with Crippen molar-refractivity contribution < 1.29 is 24.5 Å². The van der Waals surface area contributed by atoms with E-state index >= 15 is 0 Å². The van der Waals surface area contributed by atoms with Gasteiger partial charge in [0.25, 0.3) is 0 Å². The van der Waals surface area contributed by atoms with E-state index in [4.69, 9.17) is 14.9 Å². The summed E-state index contributed by atoms with van der Waals surface area (Å²) in [6, 6.07) is -0.455. The predicted octanol–water partition coefficient (Wildman–Crippen LogP) is -0.380. The molecule has 0 aromatic heterocycles. The van der Waals surface area contributed by atoms with Crippen LogP contribution >= 0.6 is 0 Å². The van der Waals surface area contributed by atoms with Crippen LogP contribution in [0.4, 0.5) is 4.79 Å². The molecule has 0 rings (SSSR count). The highest BCUT2D eigenvalue weighted by Crippen LogP contribution is 2.00. The minimum absolute atomic E-state index is 0.134. The Kier molecular flexibility index (Phi) is 8.59. The van der Waals surface area contributed by atoms with Crippen LogP contribution in [0.2, 0.25) is 0 Å². The monoisotopic (exact) mass is 260 g/mol. The van der Waals surface area contributed by atoms with Gasteiger partial charge >= 0.3 is 12.0 Å². The first-order valence-corrected chi connectivity index (χ1v) is 5.53. The van der Waals surface area contributed by atoms with Crippen LogP contribution in [0.1, 0.15) is 0 Å². The number of urea groups is 1. The van der Waals surface area contributed by atoms with E-state index in [0.717, 1.165) is 4.90 Å². The maximum absolute atomic E-state index is 12.0. The first-order chi connectivity index (χ1) is 8.56. The molecule has 0 bridgehead atoms. The van der Waals surface area contributed by atoms with Crippen molar-refractivity contribution in [2.75, 3.05) is 46.5 Å². The number of aliphatic hydroxyl groups excluding tert-OH is 1. The lowest BCUT2D eigenvalue weighted by atomic mass is 10.4. The summed E-state index contributed by atoms with van der Waals surface area (Å²) in [5.41, 5.74) is 0. The molecule has 0 aliphatic heterocycles. The van der Waals surface area contributed by atoms with Crippen LogP contribution in [0.25, 0.3) is 0 Å². The van der Waals surface area contributed by atoms with Gasteiger partial charge in [-0.25, -0.2) is 4.79 Å². The standard InChI is InChI=1S/C11H20N2O5/c1-3-4-13(9-10(15)16)11(17)12(5-7-14)6-8-18-2/h3,14H,1,4-9H2,2H3,(H,15,16). The van der Waals surface area contributed by atoms with Gasteiger partial charge in [0, 0.05) is 26.7 Å². The van der Waals surface area contributed by atoms with Gasteiger partial charge in [-0.15, -0.1) is 6.58 Å². The fourth-order valence-electron chi connectivity index (χ4n) is 1.35. The average Bonchev–Trinajstić information content (AvgIpc) is 2.32. The third kappa shape index (κ3) is 6.21. The van der Waals surface area contributed by atoms with Crippen LogP contribution in [-0.2, 0) is 9.53 Å². The Morgan fingerprint density at radius 2 is 2.00 bits per heavy atom. The molecule has 0 saturated heterocycles. The lowest BCUT2D eigenvalue weighted by Crippen LogP contribution is -2.47. The van der Waals surface area contributed by atoms with Gasteiger partial charge in [-0.2, -0.15) is 0 Å². The van der Waals surface area contributed by atoms with Gasteiger partial charge in [0.15, 0.2) is 0 Å². The van der Waals surface area contributed by atoms with Crippen molar-refractivity contribution >= 4 is 12.0 Å². The van der Waals surface area contributed by atoms with E-state index in [1.807, 2.05) is 0 Å². The number of nitrogens with zero attached hydrogens (tertiary/aromatic N) is 2. The van der Waals surface area contributed by atoms with Gasteiger partial charge < -0.3 is 24.7 Å². The number of ether oxygens (including phenoxy) is 1. The Hall–Kier alpha value is -1.60. The number of aliphatic hydroxyl groups is 1. The van der Waals surface area contributed by atoms with Gasteiger partial charge in [-0.3, -0.25) is 4.79 Å². The lowest BCUT2D eigenvalue weighted by molar-refractivity contribution is -0.137. The molecule has 0 fully saturated rings. The molecule has 2 N–H and O–H groups in total. The topological polar surface area (TPSA) is 90.3 Å². The number of hydrogen-bond acceptors (Lipinski definition) is 4. The van der Waals surface area contributed by atoms with E-state index < -0.39 is 18.5 Å². The second kappa shape index (κ2) is 9.43. The summed E-state index contributed by atoms with van der Waals surface area (Å²) in [4.78, 5) is 25.2. The summed E-state index contributed by atoms with van der Waals surface area (Å²) in [7, 11) is 1.50. The first-order valence-electron chi connectivity index (χ1n) is 5.53. The van der Waals surface area contributed by atoms with Gasteiger partial charge in [0.1, 0.15) is 6.54 Å². The Labute approximate surface area is 106 Å². The normalized spacial score (nSPS) is 9.89. The summed E-state index contributed by atoms with van der Waals surface area (Å²) >= 11 is 0. The van der Waals surface area contributed by atoms with E-state index in [1.54, 1.807) is 0 Å². The third-order valence-electron chi connectivity index (χ3n) is 2.15. The van der Waals surface area contributed by atoms with Crippen molar-refractivity contribution in [3.05, 3.63) is 12.7 Å². The number of carbonyl (C=O) groups is 2. The van der Waals surface area contributed by atoms with Crippen LogP contribution < -0.4 is 0 Å². The minimum Gasteiger partial charge on any atom is -0.480 e. The molecule has 7 nitrogen and oxygen atoms in total. The molecule has 18 heavy (non-hydrogen) atoms. The number of hydrogen-bond donors (Lipinski definition) is 2. The average molecular weight is 260 g/mol. The zero-order chi connectivity index (χ0) is 14.0. The molecule has 0 saturated carbocycles. The van der Waals surface area contributed by atoms with Crippen LogP contribution in [0.5, 0.6) is 0 Å². The number of aliphatic carboxylic acids is 1. The van der Waals surface area contributed by atoms with E-state index in [0.29, 0.717) is 13.2 Å². The molecular weight excluding hydrogens is 240 g/mol. The Morgan fingerprint density at radius 1 is 1.33 bits per heavy atom. The largest absolute Gasteiger partial charge is 0.480 e. The van der Waals surface area contributed by atoms with E-state index in [2.05, 4.69) is 6.58 Å². The minimum atomic E-state index is -1.10. The third-order valence-corrected chi connectivity index (χ3v) is 2.15. The molecule has 7 heteroatoms.